The summed E-state index contributed by atoms with van der Waals surface area (Å²) in [7, 11) is 1.66. The smallest absolute Gasteiger partial charge is 0.224 e. The van der Waals surface area contributed by atoms with Gasteiger partial charge in [0.1, 0.15) is 5.82 Å². The Hall–Kier alpha value is -2.03. The van der Waals surface area contributed by atoms with E-state index in [1.807, 2.05) is 0 Å². The van der Waals surface area contributed by atoms with Crippen LogP contribution in [-0.4, -0.2) is 55.6 Å². The zero-order valence-corrected chi connectivity index (χ0v) is 15.5. The first-order chi connectivity index (χ1) is 13.1. The Morgan fingerprint density at radius 1 is 1.33 bits per heavy atom. The van der Waals surface area contributed by atoms with E-state index in [0.29, 0.717) is 38.1 Å². The number of ether oxygens (including phenoxy) is 1. The summed E-state index contributed by atoms with van der Waals surface area (Å²) in [4.78, 5) is 26.3. The predicted molar refractivity (Wildman–Crippen MR) is 97.9 cm³/mol. The second-order valence-corrected chi connectivity index (χ2v) is 7.22. The monoisotopic (exact) mass is 378 g/mol. The Morgan fingerprint density at radius 3 is 2.89 bits per heavy atom. The second kappa shape index (κ2) is 9.25. The van der Waals surface area contributed by atoms with Crippen LogP contribution in [-0.2, 0) is 20.9 Å². The Balaban J connectivity index is 1.49. The molecule has 2 fully saturated rings. The van der Waals surface area contributed by atoms with Crippen LogP contribution in [0.1, 0.15) is 24.8 Å². The number of benzene rings is 1. The minimum atomic E-state index is -0.331. The van der Waals surface area contributed by atoms with Crippen LogP contribution in [0.3, 0.4) is 0 Å². The number of hydrogen-bond donors (Lipinski definition) is 3. The first kappa shape index (κ1) is 19.7. The topological polar surface area (TPSA) is 82.7 Å². The Labute approximate surface area is 158 Å². The van der Waals surface area contributed by atoms with Gasteiger partial charge in [-0.05, 0) is 18.9 Å². The number of hydrazine groups is 1. The quantitative estimate of drug-likeness (QED) is 0.646. The van der Waals surface area contributed by atoms with Crippen molar-refractivity contribution in [2.24, 2.45) is 5.92 Å². The van der Waals surface area contributed by atoms with Gasteiger partial charge in [0.05, 0.1) is 12.5 Å². The lowest BCUT2D eigenvalue weighted by Gasteiger charge is -2.32. The molecule has 0 bridgehead atoms. The van der Waals surface area contributed by atoms with Crippen molar-refractivity contribution in [3.8, 4) is 0 Å². The van der Waals surface area contributed by atoms with E-state index in [1.165, 1.54) is 6.07 Å². The van der Waals surface area contributed by atoms with Crippen molar-refractivity contribution in [3.63, 3.8) is 0 Å². The third kappa shape index (κ3) is 5.24. The molecule has 0 saturated carbocycles. The van der Waals surface area contributed by atoms with Crippen LogP contribution in [0.25, 0.3) is 0 Å². The number of amides is 2. The van der Waals surface area contributed by atoms with E-state index in [9.17, 15) is 14.0 Å². The number of likely N-dealkylation sites (tertiary alicyclic amines) is 1. The van der Waals surface area contributed by atoms with E-state index in [0.717, 1.165) is 6.42 Å². The summed E-state index contributed by atoms with van der Waals surface area (Å²) in [5.74, 6) is -0.690. The molecule has 148 valence electrons. The van der Waals surface area contributed by atoms with E-state index in [-0.39, 0.29) is 42.2 Å². The fourth-order valence-electron chi connectivity index (χ4n) is 3.62. The highest BCUT2D eigenvalue weighted by Crippen LogP contribution is 2.21. The first-order valence-corrected chi connectivity index (χ1v) is 9.35. The molecule has 2 saturated heterocycles. The summed E-state index contributed by atoms with van der Waals surface area (Å²) < 4.78 is 19.0. The molecular weight excluding hydrogens is 351 g/mol. The molecule has 3 N–H and O–H groups in total. The lowest BCUT2D eigenvalue weighted by Crippen LogP contribution is -2.48. The van der Waals surface area contributed by atoms with Gasteiger partial charge in [-0.3, -0.25) is 20.4 Å². The number of nitrogens with one attached hydrogen (secondary N) is 3. The number of piperidine rings is 1. The number of halogens is 1. The first-order valence-electron chi connectivity index (χ1n) is 9.35. The molecular formula is C19H27FN4O3. The van der Waals surface area contributed by atoms with Crippen molar-refractivity contribution < 1.29 is 18.7 Å². The fourth-order valence-corrected chi connectivity index (χ4v) is 3.62. The maximum absolute atomic E-state index is 13.9. The number of carbonyl (C=O) groups excluding carboxylic acids is 2. The van der Waals surface area contributed by atoms with Crippen LogP contribution in [0.5, 0.6) is 0 Å². The average Bonchev–Trinajstić information content (AvgIpc) is 3.11. The highest BCUT2D eigenvalue weighted by molar-refractivity contribution is 5.83. The van der Waals surface area contributed by atoms with Gasteiger partial charge in [0.25, 0.3) is 0 Å². The third-order valence-corrected chi connectivity index (χ3v) is 5.14. The lowest BCUT2D eigenvalue weighted by atomic mass is 9.96. The summed E-state index contributed by atoms with van der Waals surface area (Å²) >= 11 is 0. The molecule has 0 aromatic heterocycles. The number of rotatable bonds is 7. The van der Waals surface area contributed by atoms with Gasteiger partial charge in [0, 0.05) is 50.8 Å². The summed E-state index contributed by atoms with van der Waals surface area (Å²) in [6.07, 6.45) is 1.71. The highest BCUT2D eigenvalue weighted by Gasteiger charge is 2.31. The van der Waals surface area contributed by atoms with Crippen LogP contribution in [0, 0.1) is 11.7 Å². The largest absolute Gasteiger partial charge is 0.383 e. The fraction of sp³-hybridized carbons (Fsp3) is 0.579. The van der Waals surface area contributed by atoms with Crippen molar-refractivity contribution in [3.05, 3.63) is 35.6 Å². The molecule has 3 rings (SSSR count). The van der Waals surface area contributed by atoms with Gasteiger partial charge in [-0.15, -0.1) is 0 Å². The van der Waals surface area contributed by atoms with Gasteiger partial charge < -0.3 is 15.0 Å². The van der Waals surface area contributed by atoms with Crippen LogP contribution in [0.4, 0.5) is 4.39 Å². The highest BCUT2D eigenvalue weighted by atomic mass is 19.1. The summed E-state index contributed by atoms with van der Waals surface area (Å²) in [6.45, 7) is 1.65. The summed E-state index contributed by atoms with van der Waals surface area (Å²) in [6, 6.07) is 6.80. The standard InChI is InChI=1S/C19H27FN4O3/c1-27-12-16-8-15(22-23-16)9-21-19(26)14-6-7-18(25)24(11-14)10-13-4-2-3-5-17(13)20/h2-5,14-16,22-23H,6-12H2,1H3,(H,21,26). The molecule has 27 heavy (non-hydrogen) atoms. The van der Waals surface area contributed by atoms with Crippen molar-refractivity contribution in [2.45, 2.75) is 37.9 Å². The van der Waals surface area contributed by atoms with E-state index in [1.54, 1.807) is 30.2 Å². The van der Waals surface area contributed by atoms with Crippen molar-refractivity contribution in [1.29, 1.82) is 0 Å². The zero-order valence-electron chi connectivity index (χ0n) is 15.5. The lowest BCUT2D eigenvalue weighted by molar-refractivity contribution is -0.138. The maximum Gasteiger partial charge on any atom is 0.224 e. The Bertz CT molecular complexity index is 672. The third-order valence-electron chi connectivity index (χ3n) is 5.14. The molecule has 1 aromatic carbocycles. The van der Waals surface area contributed by atoms with Gasteiger partial charge in [0.2, 0.25) is 11.8 Å². The molecule has 0 aliphatic carbocycles. The van der Waals surface area contributed by atoms with Crippen LogP contribution in [0.15, 0.2) is 24.3 Å². The predicted octanol–water partition coefficient (Wildman–Crippen LogP) is 0.562. The van der Waals surface area contributed by atoms with Gasteiger partial charge in [0.15, 0.2) is 0 Å². The van der Waals surface area contributed by atoms with Crippen LogP contribution in [0.2, 0.25) is 0 Å². The molecule has 3 atom stereocenters. The molecule has 7 nitrogen and oxygen atoms in total. The van der Waals surface area contributed by atoms with Gasteiger partial charge >= 0.3 is 0 Å². The summed E-state index contributed by atoms with van der Waals surface area (Å²) in [5, 5.41) is 2.97. The van der Waals surface area contributed by atoms with Crippen molar-refractivity contribution in [2.75, 3.05) is 26.8 Å². The normalized spacial score (nSPS) is 25.6. The molecule has 2 heterocycles. The number of carbonyl (C=O) groups is 2. The molecule has 8 heteroatoms. The SMILES string of the molecule is COCC1CC(CNC(=O)C2CCC(=O)N(Cc3ccccc3F)C2)NN1. The van der Waals surface area contributed by atoms with Gasteiger partial charge in [-0.2, -0.15) is 0 Å². The average molecular weight is 378 g/mol. The van der Waals surface area contributed by atoms with Gasteiger partial charge in [-0.1, -0.05) is 18.2 Å². The minimum Gasteiger partial charge on any atom is -0.383 e. The van der Waals surface area contributed by atoms with Crippen LogP contribution >= 0.6 is 0 Å². The second-order valence-electron chi connectivity index (χ2n) is 7.22. The van der Waals surface area contributed by atoms with Crippen LogP contribution < -0.4 is 16.2 Å². The van der Waals surface area contributed by atoms with E-state index >= 15 is 0 Å². The molecule has 2 aliphatic heterocycles. The van der Waals surface area contributed by atoms with Crippen molar-refractivity contribution >= 4 is 11.8 Å². The Morgan fingerprint density at radius 2 is 2.11 bits per heavy atom. The van der Waals surface area contributed by atoms with E-state index < -0.39 is 0 Å². The van der Waals surface area contributed by atoms with Crippen molar-refractivity contribution in [1.82, 2.24) is 21.1 Å². The number of methoxy groups -OCH3 is 1. The molecule has 2 aliphatic rings. The number of nitrogens with zero attached hydrogens (tertiary/aromatic N) is 1. The molecule has 3 unspecified atom stereocenters. The van der Waals surface area contributed by atoms with Gasteiger partial charge in [-0.25, -0.2) is 4.39 Å². The number of hydrogen-bond acceptors (Lipinski definition) is 5. The summed E-state index contributed by atoms with van der Waals surface area (Å²) in [5.41, 5.74) is 6.76. The van der Waals surface area contributed by atoms with E-state index in [4.69, 9.17) is 4.74 Å². The molecule has 2 amide bonds. The molecule has 0 spiro atoms. The zero-order chi connectivity index (χ0) is 19.2. The molecule has 0 radical (unpaired) electrons. The minimum absolute atomic E-state index is 0.0358. The molecule has 1 aromatic rings. The van der Waals surface area contributed by atoms with E-state index in [2.05, 4.69) is 16.2 Å². The maximum atomic E-state index is 13.9. The Kier molecular flexibility index (Phi) is 6.76.